The number of aryl methyl sites for hydroxylation is 2. The normalized spacial score (nSPS) is 11.0. The van der Waals surface area contributed by atoms with Crippen molar-refractivity contribution in [2.75, 3.05) is 11.5 Å². The largest absolute Gasteiger partial charge is 0.484 e. The van der Waals surface area contributed by atoms with E-state index in [0.717, 1.165) is 21.3 Å². The maximum Gasteiger partial charge on any atom is 0.267 e. The van der Waals surface area contributed by atoms with E-state index in [1.807, 2.05) is 26.0 Å². The molecule has 2 aromatic carbocycles. The number of carbonyl (C=O) groups is 1. The molecule has 2 heterocycles. The van der Waals surface area contributed by atoms with Crippen molar-refractivity contribution in [3.63, 3.8) is 0 Å². The first-order valence-electron chi connectivity index (χ1n) is 9.09. The molecule has 0 aliphatic heterocycles. The van der Waals surface area contributed by atoms with Gasteiger partial charge in [0, 0.05) is 5.02 Å². The predicted molar refractivity (Wildman–Crippen MR) is 116 cm³/mol. The van der Waals surface area contributed by atoms with E-state index in [9.17, 15) is 4.79 Å². The molecule has 0 aliphatic carbocycles. The zero-order valence-corrected chi connectivity index (χ0v) is 17.6. The van der Waals surface area contributed by atoms with Crippen molar-refractivity contribution in [2.45, 2.75) is 20.4 Å². The first kappa shape index (κ1) is 19.5. The Morgan fingerprint density at radius 2 is 1.90 bits per heavy atom. The lowest BCUT2D eigenvalue weighted by Gasteiger charge is -2.19. The zero-order chi connectivity index (χ0) is 20.4. The van der Waals surface area contributed by atoms with E-state index in [4.69, 9.17) is 25.7 Å². The van der Waals surface area contributed by atoms with Crippen molar-refractivity contribution in [2.24, 2.45) is 0 Å². The fourth-order valence-electron chi connectivity index (χ4n) is 2.94. The molecule has 0 spiro atoms. The molecule has 2 aromatic heterocycles. The van der Waals surface area contributed by atoms with Gasteiger partial charge in [-0.2, -0.15) is 0 Å². The molecule has 4 aromatic rings. The molecule has 0 atom stereocenters. The van der Waals surface area contributed by atoms with Gasteiger partial charge in [-0.1, -0.05) is 35.1 Å². The summed E-state index contributed by atoms with van der Waals surface area (Å²) in [6.45, 7) is 4.24. The minimum atomic E-state index is -0.203. The number of rotatable bonds is 6. The van der Waals surface area contributed by atoms with Crippen molar-refractivity contribution >= 4 is 44.2 Å². The number of halogens is 1. The number of anilines is 1. The molecule has 0 radical (unpaired) electrons. The van der Waals surface area contributed by atoms with Crippen LogP contribution in [0.3, 0.4) is 0 Å². The summed E-state index contributed by atoms with van der Waals surface area (Å²) in [6.07, 6.45) is 1.59. The Morgan fingerprint density at radius 1 is 1.14 bits per heavy atom. The third-order valence-corrected chi connectivity index (χ3v) is 6.00. The summed E-state index contributed by atoms with van der Waals surface area (Å²) in [7, 11) is 0. The highest BCUT2D eigenvalue weighted by Crippen LogP contribution is 2.34. The van der Waals surface area contributed by atoms with Gasteiger partial charge >= 0.3 is 0 Å². The van der Waals surface area contributed by atoms with Gasteiger partial charge in [-0.3, -0.25) is 9.69 Å². The Balaban J connectivity index is 1.62. The first-order chi connectivity index (χ1) is 14.0. The summed E-state index contributed by atoms with van der Waals surface area (Å²) in [4.78, 5) is 19.4. The Labute approximate surface area is 177 Å². The second-order valence-corrected chi connectivity index (χ2v) is 8.09. The van der Waals surface area contributed by atoms with Crippen LogP contribution in [0, 0.1) is 13.8 Å². The number of furan rings is 1. The molecule has 0 aliphatic rings. The third-order valence-electron chi connectivity index (χ3n) is 4.53. The summed E-state index contributed by atoms with van der Waals surface area (Å²) < 4.78 is 12.2. The first-order valence-corrected chi connectivity index (χ1v) is 10.3. The Kier molecular flexibility index (Phi) is 5.56. The lowest BCUT2D eigenvalue weighted by Crippen LogP contribution is -2.34. The number of hydrogen-bond acceptors (Lipinski definition) is 5. The van der Waals surface area contributed by atoms with Gasteiger partial charge in [0.05, 0.1) is 23.0 Å². The lowest BCUT2D eigenvalue weighted by molar-refractivity contribution is -0.120. The molecule has 0 saturated heterocycles. The smallest absolute Gasteiger partial charge is 0.267 e. The highest BCUT2D eigenvalue weighted by atomic mass is 35.5. The van der Waals surface area contributed by atoms with Crippen LogP contribution < -0.4 is 9.64 Å². The summed E-state index contributed by atoms with van der Waals surface area (Å²) in [6, 6.07) is 14.7. The summed E-state index contributed by atoms with van der Waals surface area (Å²) >= 11 is 7.40. The molecule has 1 amide bonds. The van der Waals surface area contributed by atoms with Crippen molar-refractivity contribution < 1.29 is 13.9 Å². The molecule has 148 valence electrons. The van der Waals surface area contributed by atoms with Crippen molar-refractivity contribution in [3.8, 4) is 5.75 Å². The van der Waals surface area contributed by atoms with E-state index in [1.165, 1.54) is 11.3 Å². The molecule has 0 fully saturated rings. The Bertz CT molecular complexity index is 1100. The Morgan fingerprint density at radius 3 is 2.59 bits per heavy atom. The number of aromatic nitrogens is 1. The van der Waals surface area contributed by atoms with Crippen molar-refractivity contribution in [1.82, 2.24) is 4.98 Å². The SMILES string of the molecule is Cc1ccc(C)c2sc(N(Cc3ccco3)C(=O)COc3ccc(Cl)cc3)nc12. The number of benzene rings is 2. The van der Waals surface area contributed by atoms with Crippen LogP contribution in [0.4, 0.5) is 5.13 Å². The van der Waals surface area contributed by atoms with Gasteiger partial charge in [-0.25, -0.2) is 4.98 Å². The number of carbonyl (C=O) groups excluding carboxylic acids is 1. The van der Waals surface area contributed by atoms with Crippen molar-refractivity contribution in [3.05, 3.63) is 76.7 Å². The van der Waals surface area contributed by atoms with Gasteiger partial charge < -0.3 is 9.15 Å². The van der Waals surface area contributed by atoms with Gasteiger partial charge in [-0.05, 0) is 61.4 Å². The van der Waals surface area contributed by atoms with E-state index in [2.05, 4.69) is 6.07 Å². The highest BCUT2D eigenvalue weighted by Gasteiger charge is 2.23. The lowest BCUT2D eigenvalue weighted by atomic mass is 10.1. The molecular formula is C22H19ClN2O3S. The zero-order valence-electron chi connectivity index (χ0n) is 16.0. The van der Waals surface area contributed by atoms with E-state index in [-0.39, 0.29) is 19.1 Å². The molecule has 0 bridgehead atoms. The number of hydrogen-bond donors (Lipinski definition) is 0. The fraction of sp³-hybridized carbons (Fsp3) is 0.182. The fourth-order valence-corrected chi connectivity index (χ4v) is 4.19. The van der Waals surface area contributed by atoms with Crippen LogP contribution in [0.5, 0.6) is 5.75 Å². The average molecular weight is 427 g/mol. The molecule has 0 saturated carbocycles. The topological polar surface area (TPSA) is 55.6 Å². The van der Waals surface area contributed by atoms with Gasteiger partial charge in [-0.15, -0.1) is 0 Å². The van der Waals surface area contributed by atoms with Crippen LogP contribution in [-0.2, 0) is 11.3 Å². The van der Waals surface area contributed by atoms with Crippen LogP contribution in [0.25, 0.3) is 10.2 Å². The predicted octanol–water partition coefficient (Wildman–Crippen LogP) is 5.77. The highest BCUT2D eigenvalue weighted by molar-refractivity contribution is 7.22. The van der Waals surface area contributed by atoms with Gasteiger partial charge in [0.25, 0.3) is 5.91 Å². The van der Waals surface area contributed by atoms with E-state index in [0.29, 0.717) is 21.7 Å². The van der Waals surface area contributed by atoms with E-state index in [1.54, 1.807) is 41.5 Å². The second-order valence-electron chi connectivity index (χ2n) is 6.68. The third kappa shape index (κ3) is 4.28. The van der Waals surface area contributed by atoms with Gasteiger partial charge in [0.2, 0.25) is 0 Å². The van der Waals surface area contributed by atoms with Crippen LogP contribution in [0.15, 0.2) is 59.2 Å². The molecule has 7 heteroatoms. The average Bonchev–Trinajstić information content (AvgIpc) is 3.39. The van der Waals surface area contributed by atoms with Gasteiger partial charge in [0.15, 0.2) is 11.7 Å². The second kappa shape index (κ2) is 8.27. The van der Waals surface area contributed by atoms with Crippen LogP contribution >= 0.6 is 22.9 Å². The number of fused-ring (bicyclic) bond motifs is 1. The van der Waals surface area contributed by atoms with Crippen molar-refractivity contribution in [1.29, 1.82) is 0 Å². The molecule has 29 heavy (non-hydrogen) atoms. The number of nitrogens with zero attached hydrogens (tertiary/aromatic N) is 2. The molecule has 4 rings (SSSR count). The molecule has 0 unspecified atom stereocenters. The minimum absolute atomic E-state index is 0.115. The summed E-state index contributed by atoms with van der Waals surface area (Å²) in [5, 5.41) is 1.24. The quantitative estimate of drug-likeness (QED) is 0.392. The maximum absolute atomic E-state index is 13.1. The molecule has 5 nitrogen and oxygen atoms in total. The molecular weight excluding hydrogens is 408 g/mol. The van der Waals surface area contributed by atoms with E-state index >= 15 is 0 Å². The number of ether oxygens (including phenoxy) is 1. The van der Waals surface area contributed by atoms with Gasteiger partial charge in [0.1, 0.15) is 11.5 Å². The number of amides is 1. The monoisotopic (exact) mass is 426 g/mol. The number of thiazole rings is 1. The van der Waals surface area contributed by atoms with E-state index < -0.39 is 0 Å². The van der Waals surface area contributed by atoms with Crippen LogP contribution in [-0.4, -0.2) is 17.5 Å². The minimum Gasteiger partial charge on any atom is -0.484 e. The van der Waals surface area contributed by atoms with Crippen LogP contribution in [0.1, 0.15) is 16.9 Å². The Hall–Kier alpha value is -2.83. The standard InChI is InChI=1S/C22H19ClN2O3S/c1-14-5-6-15(2)21-20(14)24-22(29-21)25(12-18-4-3-11-27-18)19(26)13-28-17-9-7-16(23)8-10-17/h3-11H,12-13H2,1-2H3. The summed E-state index contributed by atoms with van der Waals surface area (Å²) in [5.74, 6) is 1.06. The summed E-state index contributed by atoms with van der Waals surface area (Å²) in [5.41, 5.74) is 3.13. The molecule has 0 N–H and O–H groups in total. The van der Waals surface area contributed by atoms with Crippen LogP contribution in [0.2, 0.25) is 5.02 Å². The maximum atomic E-state index is 13.1.